The predicted octanol–water partition coefficient (Wildman–Crippen LogP) is 4.05. The van der Waals surface area contributed by atoms with Gasteiger partial charge in [-0.2, -0.15) is 18.3 Å². The van der Waals surface area contributed by atoms with Gasteiger partial charge in [0.1, 0.15) is 11.0 Å². The number of ether oxygens (including phenoxy) is 1. The zero-order valence-corrected chi connectivity index (χ0v) is 17.9. The molecule has 2 amide bonds. The van der Waals surface area contributed by atoms with Crippen molar-refractivity contribution >= 4 is 40.1 Å². The monoisotopic (exact) mass is 464 g/mol. The van der Waals surface area contributed by atoms with Crippen LogP contribution in [0.4, 0.5) is 18.9 Å². The topological polar surface area (TPSA) is 92.2 Å². The number of rotatable bonds is 6. The van der Waals surface area contributed by atoms with Crippen molar-refractivity contribution in [3.05, 3.63) is 59.7 Å². The van der Waals surface area contributed by atoms with Gasteiger partial charge in [-0.3, -0.25) is 9.59 Å². The second-order valence-electron chi connectivity index (χ2n) is 6.71. The number of para-hydroxylation sites is 1. The predicted molar refractivity (Wildman–Crippen MR) is 117 cm³/mol. The van der Waals surface area contributed by atoms with E-state index < -0.39 is 28.8 Å². The molecule has 168 valence electrons. The largest absolute Gasteiger partial charge is 0.497 e. The Labute approximate surface area is 186 Å². The number of thioether (sulfide) groups is 1. The van der Waals surface area contributed by atoms with Gasteiger partial charge in [0.05, 0.1) is 24.1 Å². The van der Waals surface area contributed by atoms with Crippen molar-refractivity contribution in [2.24, 2.45) is 10.2 Å². The Kier molecular flexibility index (Phi) is 7.18. The molecular weight excluding hydrogens is 445 g/mol. The SMILES string of the molecule is COc1ccc(C(C)=NN=C2NC(=O)[C@H](CC(=O)Nc3ccccc3C(F)(F)F)S2)cc1. The summed E-state index contributed by atoms with van der Waals surface area (Å²) in [5.41, 5.74) is 0.0909. The van der Waals surface area contributed by atoms with Crippen LogP contribution in [-0.2, 0) is 15.8 Å². The van der Waals surface area contributed by atoms with E-state index in [2.05, 4.69) is 20.8 Å². The lowest BCUT2D eigenvalue weighted by Gasteiger charge is -2.14. The summed E-state index contributed by atoms with van der Waals surface area (Å²) in [7, 11) is 1.56. The van der Waals surface area contributed by atoms with E-state index in [1.807, 2.05) is 12.1 Å². The Morgan fingerprint density at radius 3 is 2.53 bits per heavy atom. The molecule has 0 aromatic heterocycles. The highest BCUT2D eigenvalue weighted by Crippen LogP contribution is 2.34. The van der Waals surface area contributed by atoms with Crippen molar-refractivity contribution < 1.29 is 27.5 Å². The fourth-order valence-corrected chi connectivity index (χ4v) is 3.72. The van der Waals surface area contributed by atoms with Crippen LogP contribution in [0, 0.1) is 0 Å². The molecule has 2 aromatic rings. The summed E-state index contributed by atoms with van der Waals surface area (Å²) in [4.78, 5) is 24.4. The first-order chi connectivity index (χ1) is 15.2. The maximum atomic E-state index is 13.1. The highest BCUT2D eigenvalue weighted by Gasteiger charge is 2.35. The lowest BCUT2D eigenvalue weighted by atomic mass is 10.1. The van der Waals surface area contributed by atoms with Gasteiger partial charge in [0.2, 0.25) is 11.8 Å². The molecule has 2 aromatic carbocycles. The van der Waals surface area contributed by atoms with E-state index in [9.17, 15) is 22.8 Å². The number of alkyl halides is 3. The summed E-state index contributed by atoms with van der Waals surface area (Å²) >= 11 is 0.990. The van der Waals surface area contributed by atoms with Crippen molar-refractivity contribution in [3.8, 4) is 5.75 Å². The molecule has 1 aliphatic rings. The smallest absolute Gasteiger partial charge is 0.418 e. The normalized spacial score (nSPS) is 17.9. The molecule has 0 spiro atoms. The van der Waals surface area contributed by atoms with Crippen LogP contribution in [0.15, 0.2) is 58.7 Å². The summed E-state index contributed by atoms with van der Waals surface area (Å²) in [6.45, 7) is 1.75. The Balaban J connectivity index is 1.63. The molecule has 0 bridgehead atoms. The van der Waals surface area contributed by atoms with Gasteiger partial charge in [0.25, 0.3) is 0 Å². The van der Waals surface area contributed by atoms with Gasteiger partial charge >= 0.3 is 6.18 Å². The molecule has 0 radical (unpaired) electrons. The molecule has 11 heteroatoms. The summed E-state index contributed by atoms with van der Waals surface area (Å²) in [6.07, 6.45) is -4.92. The number of amidine groups is 1. The second-order valence-corrected chi connectivity index (χ2v) is 7.90. The summed E-state index contributed by atoms with van der Waals surface area (Å²) in [5.74, 6) is -0.482. The number of hydrogen-bond donors (Lipinski definition) is 2. The quantitative estimate of drug-likeness (QED) is 0.498. The van der Waals surface area contributed by atoms with Gasteiger partial charge in [-0.05, 0) is 48.9 Å². The van der Waals surface area contributed by atoms with Gasteiger partial charge in [-0.15, -0.1) is 5.10 Å². The molecule has 1 aliphatic heterocycles. The number of halogens is 3. The first-order valence-corrected chi connectivity index (χ1v) is 10.3. The zero-order chi connectivity index (χ0) is 23.3. The fraction of sp³-hybridized carbons (Fsp3) is 0.238. The lowest BCUT2D eigenvalue weighted by molar-refractivity contribution is -0.137. The zero-order valence-electron chi connectivity index (χ0n) is 17.1. The molecule has 7 nitrogen and oxygen atoms in total. The minimum atomic E-state index is -4.61. The standard InChI is InChI=1S/C21H19F3N4O3S/c1-12(13-7-9-14(31-2)10-8-13)27-28-20-26-19(30)17(32-20)11-18(29)25-16-6-4-3-5-15(16)21(22,23)24/h3-10,17H,11H2,1-2H3,(H,25,29)(H,26,28,30)/t17-/m0/s1. The van der Waals surface area contributed by atoms with Gasteiger partial charge in [-0.25, -0.2) is 0 Å². The number of anilines is 1. The molecule has 1 atom stereocenters. The molecule has 0 aliphatic carbocycles. The molecule has 0 saturated carbocycles. The van der Waals surface area contributed by atoms with Gasteiger partial charge < -0.3 is 15.4 Å². The second kappa shape index (κ2) is 9.86. The summed E-state index contributed by atoms with van der Waals surface area (Å²) in [5, 5.41) is 12.2. The van der Waals surface area contributed by atoms with Gasteiger partial charge in [-0.1, -0.05) is 23.9 Å². The van der Waals surface area contributed by atoms with E-state index in [0.29, 0.717) is 11.5 Å². The molecule has 1 saturated heterocycles. The first-order valence-electron chi connectivity index (χ1n) is 9.37. The molecule has 1 heterocycles. The maximum absolute atomic E-state index is 13.1. The average molecular weight is 464 g/mol. The van der Waals surface area contributed by atoms with Crippen LogP contribution < -0.4 is 15.4 Å². The van der Waals surface area contributed by atoms with Crippen LogP contribution in [-0.4, -0.2) is 35.1 Å². The van der Waals surface area contributed by atoms with Crippen LogP contribution in [0.3, 0.4) is 0 Å². The Bertz CT molecular complexity index is 1070. The maximum Gasteiger partial charge on any atom is 0.418 e. The van der Waals surface area contributed by atoms with E-state index in [1.165, 1.54) is 12.1 Å². The summed E-state index contributed by atoms with van der Waals surface area (Å²) in [6, 6.07) is 11.8. The number of benzene rings is 2. The highest BCUT2D eigenvalue weighted by atomic mass is 32.2. The number of nitrogens with one attached hydrogen (secondary N) is 2. The molecule has 0 unspecified atom stereocenters. The number of nitrogens with zero attached hydrogens (tertiary/aromatic N) is 2. The minimum absolute atomic E-state index is 0.205. The molecule has 32 heavy (non-hydrogen) atoms. The Hall–Kier alpha value is -3.34. The van der Waals surface area contributed by atoms with Crippen molar-refractivity contribution in [3.63, 3.8) is 0 Å². The minimum Gasteiger partial charge on any atom is -0.497 e. The third-order valence-corrected chi connectivity index (χ3v) is 5.52. The molecule has 3 rings (SSSR count). The van der Waals surface area contributed by atoms with Crippen molar-refractivity contribution in [2.45, 2.75) is 24.8 Å². The van der Waals surface area contributed by atoms with Gasteiger partial charge in [0.15, 0.2) is 5.17 Å². The molecule has 2 N–H and O–H groups in total. The van der Waals surface area contributed by atoms with Gasteiger partial charge in [0, 0.05) is 6.42 Å². The van der Waals surface area contributed by atoms with E-state index in [0.717, 1.165) is 29.5 Å². The Morgan fingerprint density at radius 2 is 1.88 bits per heavy atom. The molecule has 1 fully saturated rings. The van der Waals surface area contributed by atoms with Crippen LogP contribution >= 0.6 is 11.8 Å². The number of carbonyl (C=O) groups excluding carboxylic acids is 2. The number of amides is 2. The van der Waals surface area contributed by atoms with E-state index in [4.69, 9.17) is 4.74 Å². The number of methoxy groups -OCH3 is 1. The van der Waals surface area contributed by atoms with Crippen molar-refractivity contribution in [1.82, 2.24) is 5.32 Å². The van der Waals surface area contributed by atoms with Crippen LogP contribution in [0.1, 0.15) is 24.5 Å². The third kappa shape index (κ3) is 5.88. The number of carbonyl (C=O) groups is 2. The fourth-order valence-electron chi connectivity index (χ4n) is 2.81. The van der Waals surface area contributed by atoms with E-state index in [-0.39, 0.29) is 17.3 Å². The molecular formula is C21H19F3N4O3S. The lowest BCUT2D eigenvalue weighted by Crippen LogP contribution is -2.28. The average Bonchev–Trinajstić information content (AvgIpc) is 3.10. The van der Waals surface area contributed by atoms with Crippen LogP contribution in [0.5, 0.6) is 5.75 Å². The van der Waals surface area contributed by atoms with E-state index in [1.54, 1.807) is 26.2 Å². The van der Waals surface area contributed by atoms with Crippen molar-refractivity contribution in [1.29, 1.82) is 0 Å². The summed E-state index contributed by atoms with van der Waals surface area (Å²) < 4.78 is 44.3. The first kappa shape index (κ1) is 23.3. The number of hydrogen-bond acceptors (Lipinski definition) is 6. The van der Waals surface area contributed by atoms with Crippen molar-refractivity contribution in [2.75, 3.05) is 12.4 Å². The van der Waals surface area contributed by atoms with E-state index >= 15 is 0 Å². The van der Waals surface area contributed by atoms with Crippen LogP contribution in [0.2, 0.25) is 0 Å². The Morgan fingerprint density at radius 1 is 1.19 bits per heavy atom. The highest BCUT2D eigenvalue weighted by molar-refractivity contribution is 8.15. The van der Waals surface area contributed by atoms with Crippen LogP contribution in [0.25, 0.3) is 0 Å². The third-order valence-electron chi connectivity index (χ3n) is 4.45.